The van der Waals surface area contributed by atoms with E-state index in [1.54, 1.807) is 30.3 Å². The van der Waals surface area contributed by atoms with Gasteiger partial charge in [-0.3, -0.25) is 9.59 Å². The van der Waals surface area contributed by atoms with Crippen LogP contribution in [0.4, 0.5) is 0 Å². The molecule has 2 aromatic rings. The highest BCUT2D eigenvalue weighted by Crippen LogP contribution is 2.35. The van der Waals surface area contributed by atoms with Gasteiger partial charge in [0.2, 0.25) is 5.91 Å². The van der Waals surface area contributed by atoms with E-state index in [1.807, 2.05) is 0 Å². The van der Waals surface area contributed by atoms with Gasteiger partial charge in [-0.2, -0.15) is 0 Å². The number of methoxy groups -OCH3 is 2. The minimum Gasteiger partial charge on any atom is -0.493 e. The van der Waals surface area contributed by atoms with Crippen molar-refractivity contribution in [2.24, 2.45) is 5.73 Å². The maximum atomic E-state index is 12.3. The van der Waals surface area contributed by atoms with Crippen molar-refractivity contribution in [3.05, 3.63) is 58.1 Å². The first-order valence-corrected chi connectivity index (χ1v) is 7.42. The van der Waals surface area contributed by atoms with Crippen molar-refractivity contribution in [3.8, 4) is 11.5 Å². The van der Waals surface area contributed by atoms with Gasteiger partial charge in [-0.25, -0.2) is 0 Å². The van der Waals surface area contributed by atoms with E-state index in [1.165, 1.54) is 20.3 Å². The van der Waals surface area contributed by atoms with Crippen molar-refractivity contribution in [3.63, 3.8) is 0 Å². The summed E-state index contributed by atoms with van der Waals surface area (Å²) in [6.07, 6.45) is 0. The molecule has 0 aliphatic heterocycles. The molecule has 0 aliphatic rings. The summed E-state index contributed by atoms with van der Waals surface area (Å²) in [6.45, 7) is 0.242. The Morgan fingerprint density at radius 3 is 2.50 bits per heavy atom. The standard InChI is InChI=1S/C17H17ClN2O4/c1-23-14-8-12(7-13(18)15(14)24-2)17(22)20-9-10-4-3-5-11(6-10)16(19)21/h3-8H,9H2,1-2H3,(H2,19,21)(H,20,22). The highest BCUT2D eigenvalue weighted by Gasteiger charge is 2.15. The van der Waals surface area contributed by atoms with E-state index in [4.69, 9.17) is 26.8 Å². The Hall–Kier alpha value is -2.73. The average Bonchev–Trinajstić information content (AvgIpc) is 2.59. The van der Waals surface area contributed by atoms with E-state index in [0.29, 0.717) is 22.6 Å². The SMILES string of the molecule is COc1cc(C(=O)NCc2cccc(C(N)=O)c2)cc(Cl)c1OC. The first-order valence-electron chi connectivity index (χ1n) is 7.04. The fourth-order valence-corrected chi connectivity index (χ4v) is 2.46. The molecule has 0 atom stereocenters. The summed E-state index contributed by atoms with van der Waals surface area (Å²) in [7, 11) is 2.93. The molecular formula is C17H17ClN2O4. The van der Waals surface area contributed by atoms with Crippen molar-refractivity contribution in [1.29, 1.82) is 0 Å². The fraction of sp³-hybridized carbons (Fsp3) is 0.176. The summed E-state index contributed by atoms with van der Waals surface area (Å²) in [6, 6.07) is 9.77. The Morgan fingerprint density at radius 1 is 1.12 bits per heavy atom. The molecule has 0 unspecified atom stereocenters. The van der Waals surface area contributed by atoms with Crippen LogP contribution in [-0.2, 0) is 6.54 Å². The first kappa shape index (κ1) is 17.6. The molecule has 0 saturated carbocycles. The lowest BCUT2D eigenvalue weighted by atomic mass is 10.1. The molecule has 0 radical (unpaired) electrons. The number of nitrogens with one attached hydrogen (secondary N) is 1. The molecule has 0 saturated heterocycles. The van der Waals surface area contributed by atoms with E-state index >= 15 is 0 Å². The molecule has 0 heterocycles. The molecular weight excluding hydrogens is 332 g/mol. The summed E-state index contributed by atoms with van der Waals surface area (Å²) in [5, 5.41) is 3.03. The van der Waals surface area contributed by atoms with E-state index in [2.05, 4.69) is 5.32 Å². The zero-order valence-corrected chi connectivity index (χ0v) is 14.0. The summed E-state index contributed by atoms with van der Waals surface area (Å²) < 4.78 is 10.3. The molecule has 2 aromatic carbocycles. The molecule has 6 nitrogen and oxygen atoms in total. The zero-order chi connectivity index (χ0) is 17.7. The van der Waals surface area contributed by atoms with Gasteiger partial charge in [0.25, 0.3) is 5.91 Å². The van der Waals surface area contributed by atoms with Crippen LogP contribution in [0.2, 0.25) is 5.02 Å². The second kappa shape index (κ2) is 7.70. The number of amides is 2. The van der Waals surface area contributed by atoms with Crippen LogP contribution in [0.5, 0.6) is 11.5 Å². The number of primary amides is 1. The van der Waals surface area contributed by atoms with Gasteiger partial charge in [0, 0.05) is 17.7 Å². The van der Waals surface area contributed by atoms with Gasteiger partial charge in [0.05, 0.1) is 19.2 Å². The van der Waals surface area contributed by atoms with Gasteiger partial charge in [-0.05, 0) is 29.8 Å². The third kappa shape index (κ3) is 3.97. The monoisotopic (exact) mass is 348 g/mol. The van der Waals surface area contributed by atoms with Crippen LogP contribution in [-0.4, -0.2) is 26.0 Å². The zero-order valence-electron chi connectivity index (χ0n) is 13.3. The van der Waals surface area contributed by atoms with Crippen LogP contribution in [0.3, 0.4) is 0 Å². The van der Waals surface area contributed by atoms with Gasteiger partial charge < -0.3 is 20.5 Å². The van der Waals surface area contributed by atoms with E-state index in [0.717, 1.165) is 5.56 Å². The number of carbonyl (C=O) groups excluding carboxylic acids is 2. The molecule has 7 heteroatoms. The Balaban J connectivity index is 2.14. The minimum atomic E-state index is -0.519. The molecule has 0 aliphatic carbocycles. The van der Waals surface area contributed by atoms with Gasteiger partial charge >= 0.3 is 0 Å². The molecule has 126 valence electrons. The average molecular weight is 349 g/mol. The fourth-order valence-electron chi connectivity index (χ4n) is 2.17. The minimum absolute atomic E-state index is 0.242. The van der Waals surface area contributed by atoms with Crippen LogP contribution in [0, 0.1) is 0 Å². The number of carbonyl (C=O) groups is 2. The number of benzene rings is 2. The van der Waals surface area contributed by atoms with Gasteiger partial charge in [0.15, 0.2) is 11.5 Å². The Labute approximate surface area is 144 Å². The van der Waals surface area contributed by atoms with E-state index < -0.39 is 5.91 Å². The van der Waals surface area contributed by atoms with Crippen LogP contribution in [0.1, 0.15) is 26.3 Å². The van der Waals surface area contributed by atoms with E-state index in [-0.39, 0.29) is 17.5 Å². The maximum Gasteiger partial charge on any atom is 0.251 e. The van der Waals surface area contributed by atoms with E-state index in [9.17, 15) is 9.59 Å². The Morgan fingerprint density at radius 2 is 1.88 bits per heavy atom. The lowest BCUT2D eigenvalue weighted by molar-refractivity contribution is 0.0950. The molecule has 0 aromatic heterocycles. The number of nitrogens with two attached hydrogens (primary N) is 1. The predicted octanol–water partition coefficient (Wildman–Crippen LogP) is 2.39. The van der Waals surface area contributed by atoms with Crippen LogP contribution in [0.15, 0.2) is 36.4 Å². The van der Waals surface area contributed by atoms with Crippen LogP contribution in [0.25, 0.3) is 0 Å². The van der Waals surface area contributed by atoms with Crippen molar-refractivity contribution < 1.29 is 19.1 Å². The Bertz CT molecular complexity index is 777. The summed E-state index contributed by atoms with van der Waals surface area (Å²) in [4.78, 5) is 23.5. The van der Waals surface area contributed by atoms with Gasteiger partial charge in [-0.1, -0.05) is 23.7 Å². The number of ether oxygens (including phenoxy) is 2. The van der Waals surface area contributed by atoms with Crippen molar-refractivity contribution in [2.75, 3.05) is 14.2 Å². The quantitative estimate of drug-likeness (QED) is 0.838. The third-order valence-corrected chi connectivity index (χ3v) is 3.64. The maximum absolute atomic E-state index is 12.3. The molecule has 3 N–H and O–H groups in total. The number of halogens is 1. The normalized spacial score (nSPS) is 10.1. The Kier molecular flexibility index (Phi) is 5.65. The lowest BCUT2D eigenvalue weighted by Gasteiger charge is -2.12. The van der Waals surface area contributed by atoms with Crippen LogP contribution < -0.4 is 20.5 Å². The largest absolute Gasteiger partial charge is 0.493 e. The second-order valence-corrected chi connectivity index (χ2v) is 5.35. The van der Waals surface area contributed by atoms with Gasteiger partial charge in [0.1, 0.15) is 0 Å². The van der Waals surface area contributed by atoms with Crippen molar-refractivity contribution in [1.82, 2.24) is 5.32 Å². The molecule has 24 heavy (non-hydrogen) atoms. The number of hydrogen-bond acceptors (Lipinski definition) is 4. The predicted molar refractivity (Wildman–Crippen MR) is 90.7 cm³/mol. The number of hydrogen-bond donors (Lipinski definition) is 2. The highest BCUT2D eigenvalue weighted by atomic mass is 35.5. The molecule has 0 spiro atoms. The molecule has 0 bridgehead atoms. The molecule has 0 fully saturated rings. The molecule has 2 rings (SSSR count). The first-order chi connectivity index (χ1) is 11.5. The smallest absolute Gasteiger partial charge is 0.251 e. The number of rotatable bonds is 6. The summed E-state index contributed by atoms with van der Waals surface area (Å²) in [5.41, 5.74) is 6.72. The summed E-state index contributed by atoms with van der Waals surface area (Å²) >= 11 is 6.09. The summed E-state index contributed by atoms with van der Waals surface area (Å²) in [5.74, 6) is -0.118. The highest BCUT2D eigenvalue weighted by molar-refractivity contribution is 6.32. The topological polar surface area (TPSA) is 90.6 Å². The van der Waals surface area contributed by atoms with Crippen LogP contribution >= 0.6 is 11.6 Å². The van der Waals surface area contributed by atoms with Gasteiger partial charge in [-0.15, -0.1) is 0 Å². The molecule has 2 amide bonds. The second-order valence-electron chi connectivity index (χ2n) is 4.94. The van der Waals surface area contributed by atoms with Crippen molar-refractivity contribution >= 4 is 23.4 Å². The third-order valence-electron chi connectivity index (χ3n) is 3.36. The lowest BCUT2D eigenvalue weighted by Crippen LogP contribution is -2.23. The van der Waals surface area contributed by atoms with Crippen molar-refractivity contribution in [2.45, 2.75) is 6.54 Å².